The van der Waals surface area contributed by atoms with Crippen molar-refractivity contribution in [2.24, 2.45) is 31.8 Å². The molecule has 0 aromatic heterocycles. The number of nitrogens with zero attached hydrogens (tertiary/aromatic N) is 4. The SMILES string of the molecule is C1=CC(C2N=c3c(c4ccccc4c4ccccc34)=N2)C=CC1C1N=c2c(c3ccccc3c3ccccc23)=N1. The van der Waals surface area contributed by atoms with Crippen LogP contribution in [0.25, 0.3) is 43.1 Å². The van der Waals surface area contributed by atoms with Gasteiger partial charge in [-0.25, -0.2) is 0 Å². The summed E-state index contributed by atoms with van der Waals surface area (Å²) >= 11 is 0. The lowest BCUT2D eigenvalue weighted by Crippen LogP contribution is -2.23. The minimum atomic E-state index is -0.166. The molecule has 40 heavy (non-hydrogen) atoms. The van der Waals surface area contributed by atoms with Crippen LogP contribution in [0, 0.1) is 11.8 Å². The fraction of sp³-hybridized carbons (Fsp3) is 0.111. The van der Waals surface area contributed by atoms with Crippen molar-refractivity contribution in [2.45, 2.75) is 12.3 Å². The molecule has 0 amide bonds. The van der Waals surface area contributed by atoms with Crippen LogP contribution in [-0.4, -0.2) is 12.3 Å². The molecule has 0 spiro atoms. The van der Waals surface area contributed by atoms with Crippen LogP contribution in [-0.2, 0) is 0 Å². The third-order valence-corrected chi connectivity index (χ3v) is 8.60. The van der Waals surface area contributed by atoms with E-state index in [0.717, 1.165) is 21.4 Å². The Bertz CT molecular complexity index is 2040. The van der Waals surface area contributed by atoms with Crippen molar-refractivity contribution in [1.29, 1.82) is 0 Å². The Balaban J connectivity index is 1.10. The molecule has 0 N–H and O–H groups in total. The minimum absolute atomic E-state index is 0.103. The van der Waals surface area contributed by atoms with E-state index < -0.39 is 0 Å². The molecule has 188 valence electrons. The molecule has 1 aliphatic carbocycles. The van der Waals surface area contributed by atoms with E-state index in [1.54, 1.807) is 0 Å². The second kappa shape index (κ2) is 8.27. The van der Waals surface area contributed by atoms with E-state index in [1.165, 1.54) is 43.1 Å². The largest absolute Gasteiger partial charge is 0.255 e. The molecule has 9 rings (SSSR count). The normalized spacial score (nSPS) is 19.9. The van der Waals surface area contributed by atoms with Crippen molar-refractivity contribution < 1.29 is 0 Å². The van der Waals surface area contributed by atoms with E-state index in [1.807, 2.05) is 0 Å². The first-order valence-electron chi connectivity index (χ1n) is 13.9. The van der Waals surface area contributed by atoms with Crippen LogP contribution in [0.15, 0.2) is 141 Å². The lowest BCUT2D eigenvalue weighted by molar-refractivity contribution is 0.556. The van der Waals surface area contributed by atoms with Gasteiger partial charge in [0.1, 0.15) is 0 Å². The van der Waals surface area contributed by atoms with Crippen molar-refractivity contribution >= 4 is 43.1 Å². The Kier molecular flexibility index (Phi) is 4.53. The first-order chi connectivity index (χ1) is 19.8. The van der Waals surface area contributed by atoms with E-state index in [2.05, 4.69) is 121 Å². The Labute approximate surface area is 229 Å². The predicted octanol–water partition coefficient (Wildman–Crippen LogP) is 5.52. The maximum atomic E-state index is 5.16. The monoisotopic (exact) mass is 512 g/mol. The average Bonchev–Trinajstić information content (AvgIpc) is 3.68. The van der Waals surface area contributed by atoms with E-state index in [-0.39, 0.29) is 24.2 Å². The molecule has 2 heterocycles. The van der Waals surface area contributed by atoms with Crippen LogP contribution in [0.3, 0.4) is 0 Å². The first kappa shape index (κ1) is 21.9. The summed E-state index contributed by atoms with van der Waals surface area (Å²) in [5, 5.41) is 13.7. The van der Waals surface area contributed by atoms with Crippen LogP contribution in [0.1, 0.15) is 0 Å². The molecule has 6 aromatic rings. The molecule has 0 radical (unpaired) electrons. The highest BCUT2D eigenvalue weighted by atomic mass is 15.1. The average molecular weight is 513 g/mol. The van der Waals surface area contributed by atoms with Gasteiger partial charge in [-0.1, -0.05) is 121 Å². The van der Waals surface area contributed by atoms with Crippen LogP contribution in [0.4, 0.5) is 0 Å². The molecular weight excluding hydrogens is 488 g/mol. The molecule has 0 fully saturated rings. The number of rotatable bonds is 2. The molecule has 0 atom stereocenters. The van der Waals surface area contributed by atoms with Crippen molar-refractivity contribution in [1.82, 2.24) is 0 Å². The number of hydrogen-bond acceptors (Lipinski definition) is 4. The third-order valence-electron chi connectivity index (χ3n) is 8.60. The van der Waals surface area contributed by atoms with Crippen LogP contribution in [0.5, 0.6) is 0 Å². The van der Waals surface area contributed by atoms with Gasteiger partial charge in [-0.3, -0.25) is 20.0 Å². The van der Waals surface area contributed by atoms with Crippen molar-refractivity contribution in [3.8, 4) is 0 Å². The lowest BCUT2D eigenvalue weighted by Gasteiger charge is -2.20. The fourth-order valence-electron chi connectivity index (χ4n) is 6.70. The van der Waals surface area contributed by atoms with Gasteiger partial charge in [0.2, 0.25) is 0 Å². The van der Waals surface area contributed by atoms with Gasteiger partial charge in [-0.15, -0.1) is 0 Å². The summed E-state index contributed by atoms with van der Waals surface area (Å²) in [6, 6.07) is 34.1. The van der Waals surface area contributed by atoms with E-state index >= 15 is 0 Å². The Morgan fingerprint density at radius 1 is 0.300 bits per heavy atom. The summed E-state index contributed by atoms with van der Waals surface area (Å²) in [6.07, 6.45) is 8.68. The highest BCUT2D eigenvalue weighted by Crippen LogP contribution is 2.28. The molecule has 4 nitrogen and oxygen atoms in total. The zero-order valence-corrected chi connectivity index (χ0v) is 21.6. The Morgan fingerprint density at radius 2 is 0.525 bits per heavy atom. The Morgan fingerprint density at radius 3 is 0.775 bits per heavy atom. The van der Waals surface area contributed by atoms with Gasteiger partial charge in [-0.2, -0.15) is 0 Å². The summed E-state index contributed by atoms with van der Waals surface area (Å²) in [5.41, 5.74) is 0. The van der Waals surface area contributed by atoms with E-state index in [9.17, 15) is 0 Å². The van der Waals surface area contributed by atoms with Gasteiger partial charge in [0.15, 0.2) is 12.3 Å². The molecule has 0 saturated carbocycles. The van der Waals surface area contributed by atoms with Crippen molar-refractivity contribution in [2.75, 3.05) is 0 Å². The molecule has 6 aromatic carbocycles. The molecule has 0 unspecified atom stereocenters. The van der Waals surface area contributed by atoms with Crippen molar-refractivity contribution in [3.63, 3.8) is 0 Å². The predicted molar refractivity (Wildman–Crippen MR) is 160 cm³/mol. The van der Waals surface area contributed by atoms with Crippen molar-refractivity contribution in [3.05, 3.63) is 143 Å². The molecule has 0 bridgehead atoms. The Hall–Kier alpha value is -4.96. The summed E-state index contributed by atoms with van der Waals surface area (Å²) in [4.78, 5) is 20.6. The summed E-state index contributed by atoms with van der Waals surface area (Å²) in [7, 11) is 0. The van der Waals surface area contributed by atoms with Gasteiger partial charge in [0.05, 0.1) is 21.4 Å². The molecule has 0 saturated heterocycles. The summed E-state index contributed by atoms with van der Waals surface area (Å²) in [5.74, 6) is 0.207. The van der Waals surface area contributed by atoms with E-state index in [4.69, 9.17) is 20.0 Å². The number of fused-ring (bicyclic) bond motifs is 12. The van der Waals surface area contributed by atoms with Gasteiger partial charge >= 0.3 is 0 Å². The van der Waals surface area contributed by atoms with Gasteiger partial charge in [0.25, 0.3) is 0 Å². The lowest BCUT2D eigenvalue weighted by atomic mass is 9.93. The zero-order chi connectivity index (χ0) is 26.2. The van der Waals surface area contributed by atoms with Crippen LogP contribution < -0.4 is 21.4 Å². The second-order valence-electron chi connectivity index (χ2n) is 10.8. The summed E-state index contributed by atoms with van der Waals surface area (Å²) < 4.78 is 0. The standard InChI is InChI=1S/C36H24N4/c1-5-13-27-23(9-1)24-10-2-6-14-28(24)32-31(27)37-35(38-32)21-17-19-22(20-18-21)36-39-33-29-15-7-3-11-25(29)26-12-4-8-16-30(26)34(33)40-36/h1-22,35-36H. The first-order valence-corrected chi connectivity index (χ1v) is 13.9. The zero-order valence-electron chi connectivity index (χ0n) is 21.6. The molecule has 4 heteroatoms. The topological polar surface area (TPSA) is 49.4 Å². The third kappa shape index (κ3) is 3.07. The molecule has 2 aliphatic heterocycles. The second-order valence-corrected chi connectivity index (χ2v) is 10.8. The molecule has 3 aliphatic rings. The molecular formula is C36H24N4. The minimum Gasteiger partial charge on any atom is -0.255 e. The maximum absolute atomic E-state index is 5.16. The fourth-order valence-corrected chi connectivity index (χ4v) is 6.70. The highest BCUT2D eigenvalue weighted by Gasteiger charge is 2.27. The van der Waals surface area contributed by atoms with E-state index in [0.29, 0.717) is 0 Å². The maximum Gasteiger partial charge on any atom is 0.150 e. The van der Waals surface area contributed by atoms with Crippen LogP contribution >= 0.6 is 0 Å². The van der Waals surface area contributed by atoms with Gasteiger partial charge in [-0.05, 0) is 21.5 Å². The smallest absolute Gasteiger partial charge is 0.150 e. The number of benzene rings is 6. The highest BCUT2D eigenvalue weighted by molar-refractivity contribution is 6.08. The quantitative estimate of drug-likeness (QED) is 0.217. The van der Waals surface area contributed by atoms with Gasteiger partial charge < -0.3 is 0 Å². The van der Waals surface area contributed by atoms with Crippen LogP contribution in [0.2, 0.25) is 0 Å². The summed E-state index contributed by atoms with van der Waals surface area (Å²) in [6.45, 7) is 0. The number of hydrogen-bond donors (Lipinski definition) is 0. The van der Waals surface area contributed by atoms with Gasteiger partial charge in [0, 0.05) is 33.4 Å².